The average Bonchev–Trinajstić information content (AvgIpc) is 2.54. The van der Waals surface area contributed by atoms with E-state index in [-0.39, 0.29) is 12.0 Å². The molecule has 5 heteroatoms. The van der Waals surface area contributed by atoms with Crippen LogP contribution < -0.4 is 8.92 Å². The highest BCUT2D eigenvalue weighted by atomic mass is 32.2. The van der Waals surface area contributed by atoms with Crippen LogP contribution in [-0.2, 0) is 21.0 Å². The lowest BCUT2D eigenvalue weighted by Crippen LogP contribution is -2.10. The van der Waals surface area contributed by atoms with Gasteiger partial charge in [0.1, 0.15) is 12.4 Å². The van der Waals surface area contributed by atoms with E-state index in [0.717, 1.165) is 0 Å². The van der Waals surface area contributed by atoms with Crippen LogP contribution in [0.1, 0.15) is 26.3 Å². The summed E-state index contributed by atoms with van der Waals surface area (Å²) in [6.45, 7) is 6.36. The molecule has 24 heavy (non-hydrogen) atoms. The monoisotopic (exact) mass is 344 g/mol. The SMILES string of the molecule is C#CCO[S@](=O)Oc1ccccc1Oc1ccc(C(C)(C)C)cc1. The zero-order valence-electron chi connectivity index (χ0n) is 13.9. The molecule has 2 aromatic carbocycles. The summed E-state index contributed by atoms with van der Waals surface area (Å²) in [4.78, 5) is 0. The van der Waals surface area contributed by atoms with Gasteiger partial charge in [-0.25, -0.2) is 4.18 Å². The molecular formula is C19H20O4S. The van der Waals surface area contributed by atoms with Gasteiger partial charge in [-0.05, 0) is 35.2 Å². The fourth-order valence-corrected chi connectivity index (χ4v) is 2.43. The Morgan fingerprint density at radius 1 is 1.04 bits per heavy atom. The van der Waals surface area contributed by atoms with Gasteiger partial charge in [0.15, 0.2) is 11.5 Å². The van der Waals surface area contributed by atoms with Crippen LogP contribution in [0.2, 0.25) is 0 Å². The molecule has 0 fully saturated rings. The summed E-state index contributed by atoms with van der Waals surface area (Å²) in [5, 5.41) is 0. The maximum absolute atomic E-state index is 11.6. The Kier molecular flexibility index (Phi) is 6.02. The van der Waals surface area contributed by atoms with Gasteiger partial charge in [-0.15, -0.1) is 6.42 Å². The highest BCUT2D eigenvalue weighted by Gasteiger charge is 2.14. The first kappa shape index (κ1) is 18.1. The average molecular weight is 344 g/mol. The summed E-state index contributed by atoms with van der Waals surface area (Å²) in [5.74, 6) is 3.65. The lowest BCUT2D eigenvalue weighted by molar-refractivity contribution is 0.346. The van der Waals surface area contributed by atoms with E-state index < -0.39 is 11.4 Å². The predicted molar refractivity (Wildman–Crippen MR) is 95.2 cm³/mol. The Hall–Kier alpha value is -2.29. The van der Waals surface area contributed by atoms with Crippen LogP contribution in [0.4, 0.5) is 0 Å². The minimum absolute atomic E-state index is 0.0742. The molecule has 0 amide bonds. The fourth-order valence-electron chi connectivity index (χ4n) is 1.93. The van der Waals surface area contributed by atoms with Crippen LogP contribution in [0, 0.1) is 12.3 Å². The second-order valence-corrected chi connectivity index (χ2v) is 6.89. The molecule has 126 valence electrons. The van der Waals surface area contributed by atoms with Gasteiger partial charge in [0.25, 0.3) is 0 Å². The van der Waals surface area contributed by atoms with E-state index in [9.17, 15) is 4.21 Å². The molecule has 1 atom stereocenters. The van der Waals surface area contributed by atoms with E-state index >= 15 is 0 Å². The normalized spacial score (nSPS) is 12.2. The largest absolute Gasteiger partial charge is 0.453 e. The lowest BCUT2D eigenvalue weighted by atomic mass is 9.87. The number of hydrogen-bond acceptors (Lipinski definition) is 4. The fraction of sp³-hybridized carbons (Fsp3) is 0.263. The molecule has 0 heterocycles. The van der Waals surface area contributed by atoms with Crippen molar-refractivity contribution in [1.29, 1.82) is 0 Å². The van der Waals surface area contributed by atoms with Gasteiger partial charge in [-0.2, -0.15) is 4.21 Å². The van der Waals surface area contributed by atoms with Gasteiger partial charge in [-0.3, -0.25) is 0 Å². The molecule has 0 aliphatic carbocycles. The van der Waals surface area contributed by atoms with E-state index in [4.69, 9.17) is 19.5 Å². The first-order chi connectivity index (χ1) is 11.4. The third-order valence-electron chi connectivity index (χ3n) is 3.19. The lowest BCUT2D eigenvalue weighted by Gasteiger charge is -2.19. The minimum atomic E-state index is -1.98. The zero-order chi connectivity index (χ0) is 17.6. The number of rotatable bonds is 6. The summed E-state index contributed by atoms with van der Waals surface area (Å²) in [6.07, 6.45) is 5.06. The maximum Gasteiger partial charge on any atom is 0.361 e. The Bertz CT molecular complexity index is 739. The van der Waals surface area contributed by atoms with Crippen molar-refractivity contribution in [3.05, 3.63) is 54.1 Å². The second-order valence-electron chi connectivity index (χ2n) is 6.08. The first-order valence-electron chi connectivity index (χ1n) is 7.44. The number of terminal acetylenes is 1. The standard InChI is InChI=1S/C19H20O4S/c1-5-14-21-24(20)23-18-9-7-6-8-17(18)22-16-12-10-15(11-13-16)19(2,3)4/h1,6-13H,14H2,2-4H3/t24-/m0/s1. The number of para-hydroxylation sites is 2. The summed E-state index contributed by atoms with van der Waals surface area (Å²) >= 11 is -1.98. The molecule has 4 nitrogen and oxygen atoms in total. The third kappa shape index (κ3) is 5.12. The van der Waals surface area contributed by atoms with E-state index in [0.29, 0.717) is 17.2 Å². The minimum Gasteiger partial charge on any atom is -0.453 e. The van der Waals surface area contributed by atoms with Crippen LogP contribution >= 0.6 is 0 Å². The van der Waals surface area contributed by atoms with Crippen LogP contribution in [0.3, 0.4) is 0 Å². The third-order valence-corrected chi connectivity index (χ3v) is 3.82. The zero-order valence-corrected chi connectivity index (χ0v) is 14.8. The van der Waals surface area contributed by atoms with E-state index in [1.807, 2.05) is 24.3 Å². The Labute approximate surface area is 145 Å². The smallest absolute Gasteiger partial charge is 0.361 e. The van der Waals surface area contributed by atoms with Crippen molar-refractivity contribution in [2.24, 2.45) is 0 Å². The van der Waals surface area contributed by atoms with Gasteiger partial charge in [0.05, 0.1) is 0 Å². The van der Waals surface area contributed by atoms with E-state index in [1.165, 1.54) is 5.56 Å². The predicted octanol–water partition coefficient (Wildman–Crippen LogP) is 4.38. The van der Waals surface area contributed by atoms with Crippen molar-refractivity contribution in [2.45, 2.75) is 26.2 Å². The molecule has 0 bridgehead atoms. The van der Waals surface area contributed by atoms with Crippen molar-refractivity contribution in [2.75, 3.05) is 6.61 Å². The van der Waals surface area contributed by atoms with Gasteiger partial charge in [0, 0.05) is 0 Å². The van der Waals surface area contributed by atoms with E-state index in [2.05, 4.69) is 26.7 Å². The van der Waals surface area contributed by atoms with Crippen LogP contribution in [0.5, 0.6) is 17.2 Å². The van der Waals surface area contributed by atoms with Gasteiger partial charge in [-0.1, -0.05) is 51.0 Å². The van der Waals surface area contributed by atoms with Crippen molar-refractivity contribution < 1.29 is 17.3 Å². The number of ether oxygens (including phenoxy) is 1. The van der Waals surface area contributed by atoms with Crippen molar-refractivity contribution in [3.63, 3.8) is 0 Å². The Morgan fingerprint density at radius 3 is 2.25 bits per heavy atom. The number of benzene rings is 2. The molecular weight excluding hydrogens is 324 g/mol. The summed E-state index contributed by atoms with van der Waals surface area (Å²) in [7, 11) is 0. The van der Waals surface area contributed by atoms with Gasteiger partial charge < -0.3 is 8.92 Å². The van der Waals surface area contributed by atoms with Crippen LogP contribution in [-0.4, -0.2) is 10.8 Å². The van der Waals surface area contributed by atoms with Crippen molar-refractivity contribution >= 4 is 11.4 Å². The topological polar surface area (TPSA) is 44.8 Å². The summed E-state index contributed by atoms with van der Waals surface area (Å²) in [6, 6.07) is 14.8. The molecule has 0 unspecified atom stereocenters. The summed E-state index contributed by atoms with van der Waals surface area (Å²) in [5.41, 5.74) is 1.29. The Balaban J connectivity index is 2.13. The molecule has 0 aromatic heterocycles. The van der Waals surface area contributed by atoms with Crippen LogP contribution in [0.25, 0.3) is 0 Å². The van der Waals surface area contributed by atoms with Crippen molar-refractivity contribution in [3.8, 4) is 29.6 Å². The molecule has 2 aromatic rings. The molecule has 0 N–H and O–H groups in total. The molecule has 0 saturated heterocycles. The highest BCUT2D eigenvalue weighted by Crippen LogP contribution is 2.33. The van der Waals surface area contributed by atoms with Gasteiger partial charge in [0.2, 0.25) is 0 Å². The number of hydrogen-bond donors (Lipinski definition) is 0. The first-order valence-corrected chi connectivity index (χ1v) is 8.44. The molecule has 0 radical (unpaired) electrons. The van der Waals surface area contributed by atoms with Crippen LogP contribution in [0.15, 0.2) is 48.5 Å². The molecule has 0 saturated carbocycles. The van der Waals surface area contributed by atoms with Crippen molar-refractivity contribution in [1.82, 2.24) is 0 Å². The van der Waals surface area contributed by atoms with Gasteiger partial charge >= 0.3 is 11.4 Å². The second kappa shape index (κ2) is 8.00. The Morgan fingerprint density at radius 2 is 1.67 bits per heavy atom. The molecule has 0 aliphatic rings. The highest BCUT2D eigenvalue weighted by molar-refractivity contribution is 7.75. The van der Waals surface area contributed by atoms with E-state index in [1.54, 1.807) is 24.3 Å². The molecule has 2 rings (SSSR count). The summed E-state index contributed by atoms with van der Waals surface area (Å²) < 4.78 is 27.5. The maximum atomic E-state index is 11.6. The molecule has 0 aliphatic heterocycles. The molecule has 0 spiro atoms. The quantitative estimate of drug-likeness (QED) is 0.729.